The van der Waals surface area contributed by atoms with Crippen molar-refractivity contribution in [2.24, 2.45) is 0 Å². The maximum atomic E-state index is 2.49. The Balaban J connectivity index is 1.06. The van der Waals surface area contributed by atoms with Crippen LogP contribution in [-0.4, -0.2) is 9.13 Å². The van der Waals surface area contributed by atoms with Crippen molar-refractivity contribution in [3.05, 3.63) is 249 Å². The third-order valence-corrected chi connectivity index (χ3v) is 15.0. The highest BCUT2D eigenvalue weighted by molar-refractivity contribution is 7.26. The lowest BCUT2D eigenvalue weighted by Crippen LogP contribution is -2.12. The number of rotatable bonds is 7. The van der Waals surface area contributed by atoms with E-state index in [1.807, 2.05) is 11.3 Å². The smallest absolute Gasteiger partial charge is 0.0561 e. The summed E-state index contributed by atoms with van der Waals surface area (Å²) in [6.45, 7) is 0. The highest BCUT2D eigenvalue weighted by Crippen LogP contribution is 2.49. The van der Waals surface area contributed by atoms with Gasteiger partial charge in [-0.1, -0.05) is 170 Å². The average molecular weight is 884 g/mol. The van der Waals surface area contributed by atoms with Crippen LogP contribution in [0.25, 0.3) is 108 Å². The minimum Gasteiger partial charge on any atom is -0.310 e. The number of benzene rings is 11. The number of para-hydroxylation sites is 4. The highest BCUT2D eigenvalue weighted by Gasteiger charge is 2.24. The van der Waals surface area contributed by atoms with E-state index in [-0.39, 0.29) is 0 Å². The van der Waals surface area contributed by atoms with Crippen LogP contribution < -0.4 is 4.90 Å². The Bertz CT molecular complexity index is 4220. The van der Waals surface area contributed by atoms with Gasteiger partial charge in [0.2, 0.25) is 0 Å². The van der Waals surface area contributed by atoms with Crippen LogP contribution in [0.4, 0.5) is 17.1 Å². The molecule has 0 atom stereocenters. The fourth-order valence-corrected chi connectivity index (χ4v) is 12.1. The Hall–Kier alpha value is -8.70. The molecule has 0 unspecified atom stereocenters. The number of thiophene rings is 1. The number of hydrogen-bond acceptors (Lipinski definition) is 2. The van der Waals surface area contributed by atoms with Crippen molar-refractivity contribution < 1.29 is 0 Å². The molecule has 11 aromatic carbocycles. The van der Waals surface area contributed by atoms with Crippen LogP contribution in [-0.2, 0) is 0 Å². The van der Waals surface area contributed by atoms with Crippen LogP contribution in [0.2, 0.25) is 0 Å². The van der Waals surface area contributed by atoms with E-state index in [0.29, 0.717) is 0 Å². The molecule has 0 amide bonds. The Kier molecular flexibility index (Phi) is 8.76. The molecule has 68 heavy (non-hydrogen) atoms. The van der Waals surface area contributed by atoms with Gasteiger partial charge in [0, 0.05) is 70.0 Å². The van der Waals surface area contributed by atoms with Crippen molar-refractivity contribution in [3.63, 3.8) is 0 Å². The second kappa shape index (κ2) is 15.5. The lowest BCUT2D eigenvalue weighted by molar-refractivity contribution is 1.17. The molecule has 0 bridgehead atoms. The van der Waals surface area contributed by atoms with Crippen LogP contribution in [0, 0.1) is 0 Å². The summed E-state index contributed by atoms with van der Waals surface area (Å²) in [5.41, 5.74) is 14.9. The average Bonchev–Trinajstić information content (AvgIpc) is 4.07. The third kappa shape index (κ3) is 5.98. The summed E-state index contributed by atoms with van der Waals surface area (Å²) >= 11 is 1.88. The molecule has 0 fully saturated rings. The first-order valence-corrected chi connectivity index (χ1v) is 24.1. The molecule has 318 valence electrons. The highest BCUT2D eigenvalue weighted by atomic mass is 32.1. The number of fused-ring (bicyclic) bond motifs is 11. The van der Waals surface area contributed by atoms with Gasteiger partial charge >= 0.3 is 0 Å². The van der Waals surface area contributed by atoms with Gasteiger partial charge in [0.25, 0.3) is 0 Å². The summed E-state index contributed by atoms with van der Waals surface area (Å²) in [6.07, 6.45) is 0. The molecule has 3 aromatic heterocycles. The Morgan fingerprint density at radius 1 is 0.324 bits per heavy atom. The maximum absolute atomic E-state index is 2.49. The zero-order valence-corrected chi connectivity index (χ0v) is 37.7. The molecule has 3 heterocycles. The minimum atomic E-state index is 1.06. The summed E-state index contributed by atoms with van der Waals surface area (Å²) in [7, 11) is 0. The van der Waals surface area contributed by atoms with E-state index < -0.39 is 0 Å². The van der Waals surface area contributed by atoms with Crippen molar-refractivity contribution in [3.8, 4) is 33.6 Å². The van der Waals surface area contributed by atoms with Gasteiger partial charge in [-0.25, -0.2) is 0 Å². The fourth-order valence-electron chi connectivity index (χ4n) is 10.9. The second-order valence-electron chi connectivity index (χ2n) is 17.7. The van der Waals surface area contributed by atoms with E-state index in [4.69, 9.17) is 0 Å². The molecular weight excluding hydrogens is 843 g/mol. The Labute approximate surface area is 397 Å². The summed E-state index contributed by atoms with van der Waals surface area (Å²) in [4.78, 5) is 2.49. The van der Waals surface area contributed by atoms with Gasteiger partial charge in [-0.05, 0) is 106 Å². The van der Waals surface area contributed by atoms with Crippen molar-refractivity contribution in [2.45, 2.75) is 0 Å². The molecule has 4 heteroatoms. The monoisotopic (exact) mass is 883 g/mol. The van der Waals surface area contributed by atoms with Crippen LogP contribution in [0.3, 0.4) is 0 Å². The van der Waals surface area contributed by atoms with Gasteiger partial charge in [0.1, 0.15) is 0 Å². The van der Waals surface area contributed by atoms with E-state index in [0.717, 1.165) is 34.0 Å². The van der Waals surface area contributed by atoms with Gasteiger partial charge in [0.05, 0.1) is 27.8 Å². The number of anilines is 3. The van der Waals surface area contributed by atoms with Crippen LogP contribution in [0.5, 0.6) is 0 Å². The Morgan fingerprint density at radius 2 is 0.897 bits per heavy atom. The molecular formula is C64H41N3S. The molecule has 0 aliphatic carbocycles. The first kappa shape index (κ1) is 38.6. The lowest BCUT2D eigenvalue weighted by atomic mass is 9.91. The Morgan fingerprint density at radius 3 is 1.63 bits per heavy atom. The van der Waals surface area contributed by atoms with Gasteiger partial charge in [-0.2, -0.15) is 0 Å². The first-order valence-electron chi connectivity index (χ1n) is 23.3. The molecule has 3 nitrogen and oxygen atoms in total. The van der Waals surface area contributed by atoms with Crippen LogP contribution in [0.15, 0.2) is 249 Å². The molecule has 14 aromatic rings. The van der Waals surface area contributed by atoms with E-state index in [9.17, 15) is 0 Å². The van der Waals surface area contributed by atoms with Crippen molar-refractivity contribution in [1.29, 1.82) is 0 Å². The lowest BCUT2D eigenvalue weighted by Gasteiger charge is -2.30. The summed E-state index contributed by atoms with van der Waals surface area (Å²) in [5.74, 6) is 0. The van der Waals surface area contributed by atoms with E-state index >= 15 is 0 Å². The zero-order chi connectivity index (χ0) is 44.7. The predicted molar refractivity (Wildman–Crippen MR) is 291 cm³/mol. The molecule has 0 saturated heterocycles. The van der Waals surface area contributed by atoms with Crippen LogP contribution in [0.1, 0.15) is 0 Å². The first-order chi connectivity index (χ1) is 33.7. The second-order valence-corrected chi connectivity index (χ2v) is 18.7. The quantitative estimate of drug-likeness (QED) is 0.155. The van der Waals surface area contributed by atoms with Gasteiger partial charge in [-0.15, -0.1) is 11.3 Å². The molecule has 0 N–H and O–H groups in total. The molecule has 0 radical (unpaired) electrons. The zero-order valence-electron chi connectivity index (χ0n) is 36.9. The van der Waals surface area contributed by atoms with E-state index in [2.05, 4.69) is 263 Å². The standard InChI is InChI=1S/C64H41N3S/c1-3-17-42(18-4-1)49-28-16-32-59(63(49)44-33-36-55-62(39-44)68-61-38-34-43-19-7-8-24-50(43)64(55)61)65(46-22-15-23-47(40-46)67-57-30-13-9-25-51(57)52-26-10-14-31-58(52)67)48-35-37-54-53-27-11-12-29-56(53)66(60(54)41-48)45-20-5-2-6-21-45/h1-41H. The minimum absolute atomic E-state index is 1.06. The van der Waals surface area contributed by atoms with Gasteiger partial charge in [-0.3, -0.25) is 0 Å². The van der Waals surface area contributed by atoms with E-state index in [1.54, 1.807) is 0 Å². The number of aromatic nitrogens is 2. The SMILES string of the molecule is c1ccc(-c2cccc(N(c3cccc(-n4c5ccccc5c5ccccc54)c3)c3ccc4c5ccccc5n(-c5ccccc5)c4c3)c2-c2ccc3c(c2)sc2ccc4ccccc4c23)cc1. The number of nitrogens with zero attached hydrogens (tertiary/aromatic N) is 3. The topological polar surface area (TPSA) is 13.1 Å². The number of hydrogen-bond donors (Lipinski definition) is 0. The van der Waals surface area contributed by atoms with Gasteiger partial charge in [0.15, 0.2) is 0 Å². The maximum Gasteiger partial charge on any atom is 0.0561 e. The molecule has 0 spiro atoms. The normalized spacial score (nSPS) is 11.8. The van der Waals surface area contributed by atoms with Crippen molar-refractivity contribution >= 4 is 103 Å². The molecule has 14 rings (SSSR count). The van der Waals surface area contributed by atoms with E-state index in [1.165, 1.54) is 91.3 Å². The molecule has 0 saturated carbocycles. The summed E-state index contributed by atoms with van der Waals surface area (Å²) in [5, 5.41) is 10.1. The predicted octanol–water partition coefficient (Wildman–Crippen LogP) is 18.2. The molecule has 0 aliphatic heterocycles. The van der Waals surface area contributed by atoms with Crippen molar-refractivity contribution in [2.75, 3.05) is 4.90 Å². The summed E-state index contributed by atoms with van der Waals surface area (Å²) < 4.78 is 7.42. The summed E-state index contributed by atoms with van der Waals surface area (Å²) in [6, 6.07) is 91.4. The third-order valence-electron chi connectivity index (χ3n) is 13.9. The van der Waals surface area contributed by atoms with Crippen LogP contribution >= 0.6 is 11.3 Å². The fraction of sp³-hybridized carbons (Fsp3) is 0. The van der Waals surface area contributed by atoms with Gasteiger partial charge < -0.3 is 14.0 Å². The molecule has 0 aliphatic rings. The largest absolute Gasteiger partial charge is 0.310 e. The van der Waals surface area contributed by atoms with Crippen molar-refractivity contribution in [1.82, 2.24) is 9.13 Å².